The zero-order valence-corrected chi connectivity index (χ0v) is 18.9. The molecule has 1 unspecified atom stereocenters. The fraction of sp³-hybridized carbons (Fsp3) is 0.462. The summed E-state index contributed by atoms with van der Waals surface area (Å²) < 4.78 is 5.79. The molecule has 0 spiro atoms. The highest BCUT2D eigenvalue weighted by Crippen LogP contribution is 2.44. The van der Waals surface area contributed by atoms with Gasteiger partial charge in [-0.1, -0.05) is 74.7 Å². The van der Waals surface area contributed by atoms with E-state index in [1.165, 1.54) is 4.90 Å². The Morgan fingerprint density at radius 1 is 1.03 bits per heavy atom. The fourth-order valence-corrected chi connectivity index (χ4v) is 4.70. The molecule has 2 aromatic rings. The third-order valence-corrected chi connectivity index (χ3v) is 6.31. The van der Waals surface area contributed by atoms with E-state index < -0.39 is 17.6 Å². The second-order valence-electron chi connectivity index (χ2n) is 8.80. The van der Waals surface area contributed by atoms with Crippen LogP contribution >= 0.6 is 0 Å². The summed E-state index contributed by atoms with van der Waals surface area (Å²) in [7, 11) is 0. The minimum absolute atomic E-state index is 0.0541. The number of amides is 1. The first-order chi connectivity index (χ1) is 14.8. The number of benzene rings is 2. The summed E-state index contributed by atoms with van der Waals surface area (Å²) in [5.41, 5.74) is 3.30. The van der Waals surface area contributed by atoms with E-state index >= 15 is 0 Å². The van der Waals surface area contributed by atoms with Gasteiger partial charge >= 0.3 is 12.1 Å². The van der Waals surface area contributed by atoms with E-state index in [0.29, 0.717) is 6.42 Å². The van der Waals surface area contributed by atoms with Gasteiger partial charge in [-0.25, -0.2) is 9.59 Å². The average Bonchev–Trinajstić information content (AvgIpc) is 3.06. The number of rotatable bonds is 9. The van der Waals surface area contributed by atoms with E-state index in [0.717, 1.165) is 41.5 Å². The number of carbonyl (C=O) groups excluding carboxylic acids is 1. The number of fused-ring (bicyclic) bond motifs is 3. The van der Waals surface area contributed by atoms with Crippen molar-refractivity contribution in [1.82, 2.24) is 4.90 Å². The Morgan fingerprint density at radius 2 is 1.58 bits per heavy atom. The molecule has 1 atom stereocenters. The van der Waals surface area contributed by atoms with Crippen molar-refractivity contribution in [3.63, 3.8) is 0 Å². The van der Waals surface area contributed by atoms with Gasteiger partial charge in [-0.2, -0.15) is 0 Å². The van der Waals surface area contributed by atoms with E-state index in [2.05, 4.69) is 31.2 Å². The van der Waals surface area contributed by atoms with Gasteiger partial charge in [0.1, 0.15) is 12.1 Å². The molecule has 0 bridgehead atoms. The van der Waals surface area contributed by atoms with Crippen LogP contribution in [0.15, 0.2) is 48.5 Å². The molecule has 31 heavy (non-hydrogen) atoms. The Morgan fingerprint density at radius 3 is 2.06 bits per heavy atom. The molecule has 0 heterocycles. The van der Waals surface area contributed by atoms with Crippen LogP contribution in [0.1, 0.15) is 70.4 Å². The summed E-state index contributed by atoms with van der Waals surface area (Å²) in [6.07, 6.45) is 2.50. The molecule has 166 valence electrons. The van der Waals surface area contributed by atoms with Crippen molar-refractivity contribution in [2.75, 3.05) is 6.61 Å². The third kappa shape index (κ3) is 4.46. The molecule has 0 saturated carbocycles. The largest absolute Gasteiger partial charge is 0.480 e. The second kappa shape index (κ2) is 9.54. The molecule has 2 aromatic carbocycles. The molecule has 0 aromatic heterocycles. The first-order valence-electron chi connectivity index (χ1n) is 11.2. The maximum absolute atomic E-state index is 13.2. The quantitative estimate of drug-likeness (QED) is 0.497. The smallest absolute Gasteiger partial charge is 0.410 e. The van der Waals surface area contributed by atoms with Crippen molar-refractivity contribution in [3.05, 3.63) is 59.7 Å². The molecular formula is C26H33NO4. The van der Waals surface area contributed by atoms with Crippen molar-refractivity contribution in [3.8, 4) is 11.1 Å². The standard InChI is InChI=1S/C26H33NO4/c1-5-6-11-16-26(4,24(28)29)27(18(2)3)25(30)31-17-23-21-14-9-7-12-19(21)20-13-8-10-15-22(20)23/h7-10,12-15,18,23H,5-6,11,16-17H2,1-4H3,(H,28,29). The number of carbonyl (C=O) groups is 2. The number of aliphatic carboxylic acids is 1. The number of hydrogen-bond donors (Lipinski definition) is 1. The number of ether oxygens (including phenoxy) is 1. The topological polar surface area (TPSA) is 66.8 Å². The molecule has 0 radical (unpaired) electrons. The summed E-state index contributed by atoms with van der Waals surface area (Å²) in [6, 6.07) is 16.0. The summed E-state index contributed by atoms with van der Waals surface area (Å²) >= 11 is 0. The maximum Gasteiger partial charge on any atom is 0.410 e. The molecule has 1 amide bonds. The molecule has 0 aliphatic heterocycles. The summed E-state index contributed by atoms with van der Waals surface area (Å²) in [4.78, 5) is 26.8. The predicted octanol–water partition coefficient (Wildman–Crippen LogP) is 6.07. The van der Waals surface area contributed by atoms with Crippen molar-refractivity contribution < 1.29 is 19.4 Å². The van der Waals surface area contributed by atoms with E-state index in [-0.39, 0.29) is 18.6 Å². The number of nitrogens with zero attached hydrogens (tertiary/aromatic N) is 1. The van der Waals surface area contributed by atoms with Gasteiger partial charge < -0.3 is 9.84 Å². The maximum atomic E-state index is 13.2. The molecular weight excluding hydrogens is 390 g/mol. The molecule has 5 nitrogen and oxygen atoms in total. The summed E-state index contributed by atoms with van der Waals surface area (Å²) in [5.74, 6) is -1.05. The average molecular weight is 424 g/mol. The van der Waals surface area contributed by atoms with Crippen LogP contribution in [-0.2, 0) is 9.53 Å². The van der Waals surface area contributed by atoms with Crippen LogP contribution in [0.2, 0.25) is 0 Å². The molecule has 0 saturated heterocycles. The van der Waals surface area contributed by atoms with Crippen LogP contribution in [0.4, 0.5) is 4.79 Å². The van der Waals surface area contributed by atoms with Crippen molar-refractivity contribution in [2.45, 2.75) is 70.9 Å². The van der Waals surface area contributed by atoms with E-state index in [1.807, 2.05) is 38.1 Å². The zero-order valence-electron chi connectivity index (χ0n) is 18.9. The monoisotopic (exact) mass is 423 g/mol. The van der Waals surface area contributed by atoms with E-state index in [4.69, 9.17) is 4.74 Å². The van der Waals surface area contributed by atoms with Crippen LogP contribution in [0.5, 0.6) is 0 Å². The Hall–Kier alpha value is -2.82. The van der Waals surface area contributed by atoms with Gasteiger partial charge in [0.25, 0.3) is 0 Å². The highest BCUT2D eigenvalue weighted by molar-refractivity contribution is 5.84. The summed E-state index contributed by atoms with van der Waals surface area (Å²) in [5, 5.41) is 9.99. The minimum atomic E-state index is -1.30. The van der Waals surface area contributed by atoms with Crippen molar-refractivity contribution >= 4 is 12.1 Å². The first kappa shape index (κ1) is 22.9. The SMILES string of the molecule is CCCCCC(C)(C(=O)O)N(C(=O)OCC1c2ccccc2-c2ccccc21)C(C)C. The minimum Gasteiger partial charge on any atom is -0.480 e. The lowest BCUT2D eigenvalue weighted by Gasteiger charge is -2.40. The van der Waals surface area contributed by atoms with Gasteiger partial charge in [-0.05, 0) is 49.4 Å². The molecule has 1 aliphatic carbocycles. The Balaban J connectivity index is 1.81. The Bertz CT molecular complexity index is 893. The highest BCUT2D eigenvalue weighted by atomic mass is 16.6. The van der Waals surface area contributed by atoms with Gasteiger partial charge in [0.15, 0.2) is 0 Å². The van der Waals surface area contributed by atoms with E-state index in [9.17, 15) is 14.7 Å². The molecule has 0 fully saturated rings. The van der Waals surface area contributed by atoms with Gasteiger partial charge in [0, 0.05) is 12.0 Å². The first-order valence-corrected chi connectivity index (χ1v) is 11.2. The van der Waals surface area contributed by atoms with E-state index in [1.54, 1.807) is 6.92 Å². The predicted molar refractivity (Wildman–Crippen MR) is 122 cm³/mol. The van der Waals surface area contributed by atoms with Gasteiger partial charge in [-0.15, -0.1) is 0 Å². The molecule has 3 rings (SSSR count). The van der Waals surface area contributed by atoms with Gasteiger partial charge in [0.2, 0.25) is 0 Å². The number of carboxylic acids is 1. The fourth-order valence-electron chi connectivity index (χ4n) is 4.70. The lowest BCUT2D eigenvalue weighted by atomic mass is 9.91. The van der Waals surface area contributed by atoms with Crippen LogP contribution in [0.25, 0.3) is 11.1 Å². The molecule has 5 heteroatoms. The van der Waals surface area contributed by atoms with Crippen LogP contribution in [0.3, 0.4) is 0 Å². The lowest BCUT2D eigenvalue weighted by Crippen LogP contribution is -2.58. The van der Waals surface area contributed by atoms with Crippen LogP contribution in [0, 0.1) is 0 Å². The van der Waals surface area contributed by atoms with Gasteiger partial charge in [0.05, 0.1) is 0 Å². The number of unbranched alkanes of at least 4 members (excludes halogenated alkanes) is 2. The van der Waals surface area contributed by atoms with Crippen LogP contribution in [-0.4, -0.2) is 40.3 Å². The summed E-state index contributed by atoms with van der Waals surface area (Å²) in [6.45, 7) is 7.56. The lowest BCUT2D eigenvalue weighted by molar-refractivity contribution is -0.151. The Kier molecular flexibility index (Phi) is 7.04. The van der Waals surface area contributed by atoms with Crippen LogP contribution < -0.4 is 0 Å². The van der Waals surface area contributed by atoms with Gasteiger partial charge in [-0.3, -0.25) is 4.90 Å². The Labute approximate surface area is 185 Å². The highest BCUT2D eigenvalue weighted by Gasteiger charge is 2.44. The van der Waals surface area contributed by atoms with Crippen molar-refractivity contribution in [2.24, 2.45) is 0 Å². The third-order valence-electron chi connectivity index (χ3n) is 6.31. The normalized spacial score (nSPS) is 14.6. The number of hydrogen-bond acceptors (Lipinski definition) is 3. The van der Waals surface area contributed by atoms with Crippen molar-refractivity contribution in [1.29, 1.82) is 0 Å². The zero-order chi connectivity index (χ0) is 22.6. The molecule has 1 aliphatic rings. The second-order valence-corrected chi connectivity index (χ2v) is 8.80. The number of carboxylic acid groups (broad SMARTS) is 1. The molecule has 1 N–H and O–H groups in total.